The Morgan fingerprint density at radius 3 is 2.23 bits per heavy atom. The van der Waals surface area contributed by atoms with Crippen molar-refractivity contribution in [3.8, 4) is 0 Å². The molecule has 2 fully saturated rings. The molecule has 0 unspecified atom stereocenters. The van der Waals surface area contributed by atoms with Gasteiger partial charge in [0.2, 0.25) is 10.0 Å². The Hall–Kier alpha value is -2.13. The molecule has 0 bridgehead atoms. The second-order valence-electron chi connectivity index (χ2n) is 8.04. The Balaban J connectivity index is 1.74. The van der Waals surface area contributed by atoms with Gasteiger partial charge in [0.05, 0.1) is 11.5 Å². The number of hydrogen-bond acceptors (Lipinski definition) is 5. The first-order valence-corrected chi connectivity index (χ1v) is 12.0. The Bertz CT molecular complexity index is 886. The maximum Gasteiger partial charge on any atom is 0.409 e. The van der Waals surface area contributed by atoms with Crippen LogP contribution in [0.15, 0.2) is 23.1 Å². The fraction of sp³-hybridized carbons (Fsp3) is 0.619. The number of piperazine rings is 1. The highest BCUT2D eigenvalue weighted by Crippen LogP contribution is 2.25. The van der Waals surface area contributed by atoms with E-state index in [2.05, 4.69) is 6.92 Å². The number of carbonyl (C=O) groups excluding carboxylic acids is 2. The van der Waals surface area contributed by atoms with Crippen molar-refractivity contribution in [2.45, 2.75) is 38.5 Å². The minimum atomic E-state index is -3.62. The second kappa shape index (κ2) is 9.34. The smallest absolute Gasteiger partial charge is 0.409 e. The highest BCUT2D eigenvalue weighted by atomic mass is 32.2. The number of aryl methyl sites for hydroxylation is 1. The molecule has 3 rings (SSSR count). The first-order chi connectivity index (χ1) is 14.2. The largest absolute Gasteiger partial charge is 0.450 e. The summed E-state index contributed by atoms with van der Waals surface area (Å²) >= 11 is 0. The van der Waals surface area contributed by atoms with Crippen molar-refractivity contribution in [1.29, 1.82) is 0 Å². The fourth-order valence-corrected chi connectivity index (χ4v) is 5.34. The molecular weight excluding hydrogens is 406 g/mol. The van der Waals surface area contributed by atoms with E-state index in [0.717, 1.165) is 18.4 Å². The lowest BCUT2D eigenvalue weighted by Crippen LogP contribution is -2.50. The van der Waals surface area contributed by atoms with Crippen molar-refractivity contribution >= 4 is 22.0 Å². The van der Waals surface area contributed by atoms with Gasteiger partial charge in [0, 0.05) is 44.8 Å². The number of rotatable bonds is 4. The summed E-state index contributed by atoms with van der Waals surface area (Å²) < 4.78 is 32.7. The van der Waals surface area contributed by atoms with Crippen molar-refractivity contribution in [3.05, 3.63) is 29.3 Å². The number of benzene rings is 1. The van der Waals surface area contributed by atoms with E-state index in [1.165, 1.54) is 10.4 Å². The lowest BCUT2D eigenvalue weighted by Gasteiger charge is -2.34. The maximum atomic E-state index is 13.1. The van der Waals surface area contributed by atoms with Crippen LogP contribution in [0.4, 0.5) is 4.79 Å². The SMILES string of the molecule is CCOC(=O)N1CCN(C(=O)c2cc(S(=O)(=O)N3CCC(C)CC3)ccc2C)CC1. The van der Waals surface area contributed by atoms with Crippen LogP contribution in [0.1, 0.15) is 42.6 Å². The lowest BCUT2D eigenvalue weighted by molar-refractivity contribution is 0.0569. The van der Waals surface area contributed by atoms with Crippen LogP contribution in [0.5, 0.6) is 0 Å². The molecule has 0 aliphatic carbocycles. The molecule has 2 saturated heterocycles. The zero-order chi connectivity index (χ0) is 21.9. The van der Waals surface area contributed by atoms with E-state index in [1.54, 1.807) is 35.8 Å². The van der Waals surface area contributed by atoms with Gasteiger partial charge in [-0.25, -0.2) is 13.2 Å². The predicted octanol–water partition coefficient (Wildman–Crippen LogP) is 2.33. The van der Waals surface area contributed by atoms with Crippen molar-refractivity contribution < 1.29 is 22.7 Å². The summed E-state index contributed by atoms with van der Waals surface area (Å²) in [5, 5.41) is 0. The molecule has 0 N–H and O–H groups in total. The molecule has 1 aromatic rings. The number of amides is 2. The Kier molecular flexibility index (Phi) is 7.02. The summed E-state index contributed by atoms with van der Waals surface area (Å²) in [5.74, 6) is 0.320. The third kappa shape index (κ3) is 4.78. The van der Waals surface area contributed by atoms with Gasteiger partial charge in [-0.3, -0.25) is 4.79 Å². The molecule has 9 heteroatoms. The van der Waals surface area contributed by atoms with Gasteiger partial charge >= 0.3 is 6.09 Å². The predicted molar refractivity (Wildman–Crippen MR) is 113 cm³/mol. The monoisotopic (exact) mass is 437 g/mol. The Morgan fingerprint density at radius 1 is 1.03 bits per heavy atom. The van der Waals surface area contributed by atoms with E-state index < -0.39 is 10.0 Å². The topological polar surface area (TPSA) is 87.2 Å². The molecular formula is C21H31N3O5S. The number of nitrogens with zero attached hydrogens (tertiary/aromatic N) is 3. The van der Waals surface area contributed by atoms with E-state index in [1.807, 2.05) is 0 Å². The summed E-state index contributed by atoms with van der Waals surface area (Å²) in [7, 11) is -3.62. The highest BCUT2D eigenvalue weighted by Gasteiger charge is 2.30. The molecule has 0 spiro atoms. The zero-order valence-corrected chi connectivity index (χ0v) is 18.8. The molecule has 0 saturated carbocycles. The van der Waals surface area contributed by atoms with Gasteiger partial charge in [-0.15, -0.1) is 0 Å². The third-order valence-corrected chi connectivity index (χ3v) is 7.81. The first kappa shape index (κ1) is 22.6. The first-order valence-electron chi connectivity index (χ1n) is 10.6. The van der Waals surface area contributed by atoms with Crippen LogP contribution in [0.2, 0.25) is 0 Å². The number of piperidine rings is 1. The van der Waals surface area contributed by atoms with Crippen molar-refractivity contribution in [2.24, 2.45) is 5.92 Å². The van der Waals surface area contributed by atoms with E-state index in [4.69, 9.17) is 4.74 Å². The molecule has 1 aromatic carbocycles. The van der Waals surface area contributed by atoms with Crippen LogP contribution in [0.3, 0.4) is 0 Å². The normalized spacial score (nSPS) is 19.0. The molecule has 2 amide bonds. The number of ether oxygens (including phenoxy) is 1. The molecule has 166 valence electrons. The average Bonchev–Trinajstić information content (AvgIpc) is 2.74. The lowest BCUT2D eigenvalue weighted by atomic mass is 10.0. The van der Waals surface area contributed by atoms with Gasteiger partial charge in [0.1, 0.15) is 0 Å². The van der Waals surface area contributed by atoms with Gasteiger partial charge in [0.15, 0.2) is 0 Å². The van der Waals surface area contributed by atoms with E-state index in [9.17, 15) is 18.0 Å². The minimum Gasteiger partial charge on any atom is -0.450 e. The molecule has 2 aliphatic heterocycles. The summed E-state index contributed by atoms with van der Waals surface area (Å²) in [6.07, 6.45) is 1.33. The number of carbonyl (C=O) groups is 2. The van der Waals surface area contributed by atoms with E-state index in [-0.39, 0.29) is 16.9 Å². The second-order valence-corrected chi connectivity index (χ2v) is 9.98. The van der Waals surface area contributed by atoms with Crippen molar-refractivity contribution in [2.75, 3.05) is 45.9 Å². The fourth-order valence-electron chi connectivity index (χ4n) is 3.84. The van der Waals surface area contributed by atoms with Gasteiger partial charge in [0.25, 0.3) is 5.91 Å². The standard InChI is InChI=1S/C21H31N3O5S/c1-4-29-21(26)23-13-11-22(12-14-23)20(25)19-15-18(6-5-17(19)3)30(27,28)24-9-7-16(2)8-10-24/h5-6,15-16H,4,7-14H2,1-3H3. The van der Waals surface area contributed by atoms with Crippen LogP contribution in [0, 0.1) is 12.8 Å². The Morgan fingerprint density at radius 2 is 1.63 bits per heavy atom. The van der Waals surface area contributed by atoms with Crippen LogP contribution >= 0.6 is 0 Å². The van der Waals surface area contributed by atoms with Crippen LogP contribution in [-0.4, -0.2) is 80.4 Å². The summed E-state index contributed by atoms with van der Waals surface area (Å²) in [6, 6.07) is 4.78. The van der Waals surface area contributed by atoms with Crippen molar-refractivity contribution in [3.63, 3.8) is 0 Å². The van der Waals surface area contributed by atoms with E-state index in [0.29, 0.717) is 57.4 Å². The summed E-state index contributed by atoms with van der Waals surface area (Å²) in [5.41, 5.74) is 1.13. The molecule has 0 aromatic heterocycles. The molecule has 30 heavy (non-hydrogen) atoms. The third-order valence-electron chi connectivity index (χ3n) is 5.91. The van der Waals surface area contributed by atoms with Crippen LogP contribution in [-0.2, 0) is 14.8 Å². The highest BCUT2D eigenvalue weighted by molar-refractivity contribution is 7.89. The molecule has 0 radical (unpaired) electrons. The zero-order valence-electron chi connectivity index (χ0n) is 18.0. The van der Waals surface area contributed by atoms with Crippen molar-refractivity contribution in [1.82, 2.24) is 14.1 Å². The van der Waals surface area contributed by atoms with Gasteiger partial charge in [-0.2, -0.15) is 4.31 Å². The number of hydrogen-bond donors (Lipinski definition) is 0. The molecule has 2 heterocycles. The minimum absolute atomic E-state index is 0.163. The maximum absolute atomic E-state index is 13.1. The molecule has 0 atom stereocenters. The van der Waals surface area contributed by atoms with Gasteiger partial charge < -0.3 is 14.5 Å². The molecule has 2 aliphatic rings. The van der Waals surface area contributed by atoms with Gasteiger partial charge in [-0.05, 0) is 50.3 Å². The van der Waals surface area contributed by atoms with Gasteiger partial charge in [-0.1, -0.05) is 13.0 Å². The number of sulfonamides is 1. The Labute approximate surface area is 178 Å². The van der Waals surface area contributed by atoms with Crippen LogP contribution < -0.4 is 0 Å². The summed E-state index contributed by atoms with van der Waals surface area (Å²) in [4.78, 5) is 28.4. The average molecular weight is 438 g/mol. The molecule has 8 nitrogen and oxygen atoms in total. The van der Waals surface area contributed by atoms with Crippen LogP contribution in [0.25, 0.3) is 0 Å². The quantitative estimate of drug-likeness (QED) is 0.722. The summed E-state index contributed by atoms with van der Waals surface area (Å²) in [6.45, 7) is 8.60. The van der Waals surface area contributed by atoms with E-state index >= 15 is 0 Å².